The summed E-state index contributed by atoms with van der Waals surface area (Å²) in [5.74, 6) is 0. The van der Waals surface area contributed by atoms with Crippen molar-refractivity contribution >= 4 is 17.7 Å². The molecule has 0 saturated heterocycles. The van der Waals surface area contributed by atoms with Crippen molar-refractivity contribution in [3.63, 3.8) is 0 Å². The fourth-order valence-corrected chi connectivity index (χ4v) is 6.60. The molecule has 3 heterocycles. The highest BCUT2D eigenvalue weighted by Crippen LogP contribution is 2.22. The lowest BCUT2D eigenvalue weighted by atomic mass is 9.97. The third kappa shape index (κ3) is 12.3. The molecule has 1 N–H and O–H groups in total. The van der Waals surface area contributed by atoms with Gasteiger partial charge in [-0.1, -0.05) is 50.5 Å². The number of carbonyl (C=O) groups excluding carboxylic acids is 1. The molecular weight excluding hydrogens is 554 g/mol. The third-order valence-corrected chi connectivity index (χ3v) is 8.93. The van der Waals surface area contributed by atoms with Crippen molar-refractivity contribution in [2.24, 2.45) is 4.99 Å². The maximum Gasteiger partial charge on any atom is 0.168 e. The van der Waals surface area contributed by atoms with Crippen molar-refractivity contribution in [3.05, 3.63) is 82.8 Å². The minimum absolute atomic E-state index is 0.406. The van der Waals surface area contributed by atoms with Gasteiger partial charge in [0.2, 0.25) is 0 Å². The topological polar surface area (TPSA) is 60.8 Å². The number of rotatable bonds is 8. The molecule has 0 bridgehead atoms. The summed E-state index contributed by atoms with van der Waals surface area (Å²) < 4.78 is 0. The van der Waals surface area contributed by atoms with Gasteiger partial charge in [-0.15, -0.1) is 0 Å². The monoisotopic (exact) mass is 611 g/mol. The summed E-state index contributed by atoms with van der Waals surface area (Å²) in [5, 5.41) is 3.62. The first kappa shape index (κ1) is 34.8. The number of carbonyl (C=O) groups is 1. The molecule has 6 heteroatoms. The Labute approximate surface area is 273 Å². The predicted octanol–water partition coefficient (Wildman–Crippen LogP) is 8.43. The number of aromatic nitrogens is 1. The Morgan fingerprint density at radius 1 is 0.867 bits per heavy atom. The van der Waals surface area contributed by atoms with E-state index in [-0.39, 0.29) is 0 Å². The minimum Gasteiger partial charge on any atom is -0.383 e. The Balaban J connectivity index is 1.47. The van der Waals surface area contributed by atoms with Gasteiger partial charge in [0.1, 0.15) is 5.69 Å². The van der Waals surface area contributed by atoms with E-state index < -0.39 is 0 Å². The molecule has 0 unspecified atom stereocenters. The van der Waals surface area contributed by atoms with Crippen LogP contribution in [-0.2, 0) is 19.4 Å². The fourth-order valence-electron chi connectivity index (χ4n) is 6.60. The van der Waals surface area contributed by atoms with Gasteiger partial charge in [0.15, 0.2) is 6.29 Å². The number of anilines is 1. The molecule has 0 atom stereocenters. The second-order valence-corrected chi connectivity index (χ2v) is 13.4. The lowest BCUT2D eigenvalue weighted by Gasteiger charge is -2.25. The normalized spacial score (nSPS) is 18.7. The lowest BCUT2D eigenvalue weighted by Crippen LogP contribution is -2.32. The van der Waals surface area contributed by atoms with Gasteiger partial charge in [-0.3, -0.25) is 19.6 Å². The van der Waals surface area contributed by atoms with Gasteiger partial charge in [-0.2, -0.15) is 0 Å². The maximum atomic E-state index is 11.3. The number of aryl methyl sites for hydroxylation is 2. The van der Waals surface area contributed by atoms with Crippen LogP contribution in [0.25, 0.3) is 0 Å². The summed E-state index contributed by atoms with van der Waals surface area (Å²) in [6, 6.07) is 13.2. The second-order valence-electron chi connectivity index (χ2n) is 13.4. The quantitative estimate of drug-likeness (QED) is 0.304. The van der Waals surface area contributed by atoms with Gasteiger partial charge in [-0.05, 0) is 139 Å². The number of aliphatic imine (C=N–C) groups is 1. The summed E-state index contributed by atoms with van der Waals surface area (Å²) in [4.78, 5) is 26.1. The number of nitrogens with one attached hydrogen (secondary N) is 1. The number of nitrogens with zero attached hydrogens (tertiary/aromatic N) is 4. The van der Waals surface area contributed by atoms with E-state index in [1.54, 1.807) is 6.07 Å². The first-order valence-electron chi connectivity index (χ1n) is 17.6. The Bertz CT molecular complexity index is 1300. The van der Waals surface area contributed by atoms with Gasteiger partial charge in [0.25, 0.3) is 0 Å². The molecule has 2 aliphatic rings. The van der Waals surface area contributed by atoms with Crippen molar-refractivity contribution in [1.29, 1.82) is 0 Å². The van der Waals surface area contributed by atoms with E-state index in [1.807, 2.05) is 6.07 Å². The van der Waals surface area contributed by atoms with E-state index >= 15 is 0 Å². The van der Waals surface area contributed by atoms with Crippen LogP contribution in [0, 0.1) is 0 Å². The van der Waals surface area contributed by atoms with Crippen molar-refractivity contribution in [2.75, 3.05) is 38.0 Å². The molecule has 2 aromatic rings. The molecule has 0 saturated carbocycles. The zero-order valence-corrected chi connectivity index (χ0v) is 28.3. The number of hydrogen-bond donors (Lipinski definition) is 1. The van der Waals surface area contributed by atoms with E-state index in [9.17, 15) is 4.79 Å². The average molecular weight is 612 g/mol. The summed E-state index contributed by atoms with van der Waals surface area (Å²) >= 11 is 0. The van der Waals surface area contributed by atoms with Gasteiger partial charge >= 0.3 is 0 Å². The summed E-state index contributed by atoms with van der Waals surface area (Å²) in [5.41, 5.74) is 9.16. The van der Waals surface area contributed by atoms with Crippen molar-refractivity contribution in [3.8, 4) is 0 Å². The molecule has 1 aromatic heterocycles. The Morgan fingerprint density at radius 2 is 1.53 bits per heavy atom. The van der Waals surface area contributed by atoms with Crippen molar-refractivity contribution < 1.29 is 4.79 Å². The zero-order valence-electron chi connectivity index (χ0n) is 28.3. The molecule has 6 nitrogen and oxygen atoms in total. The fraction of sp³-hybridized carbons (Fsp3) is 0.564. The van der Waals surface area contributed by atoms with E-state index in [0.717, 1.165) is 101 Å². The molecule has 244 valence electrons. The molecule has 0 amide bonds. The predicted molar refractivity (Wildman–Crippen MR) is 190 cm³/mol. The van der Waals surface area contributed by atoms with Crippen LogP contribution in [0.2, 0.25) is 0 Å². The van der Waals surface area contributed by atoms with Crippen molar-refractivity contribution in [2.45, 2.75) is 110 Å². The zero-order chi connectivity index (χ0) is 31.9. The number of aldehydes is 1. The van der Waals surface area contributed by atoms with Gasteiger partial charge in [-0.25, -0.2) is 4.98 Å². The highest BCUT2D eigenvalue weighted by Gasteiger charge is 2.15. The first-order valence-corrected chi connectivity index (χ1v) is 17.6. The number of pyridine rings is 1. The minimum atomic E-state index is 0.406. The number of allylic oxidation sites excluding steroid dienone is 2. The molecule has 0 fully saturated rings. The Hall–Kier alpha value is -3.09. The highest BCUT2D eigenvalue weighted by molar-refractivity contribution is 5.88. The van der Waals surface area contributed by atoms with E-state index in [2.05, 4.69) is 77.8 Å². The first-order chi connectivity index (χ1) is 21.9. The molecule has 4 rings (SSSR count). The SMILES string of the molecule is C=C(C)C1=CCCC(CN2CCCCCCCCN(Cc3cccc(C=O)n3)CCCc3cc(NC(C)C)ccc3CCC2)=N1. The molecule has 45 heavy (non-hydrogen) atoms. The lowest BCUT2D eigenvalue weighted by molar-refractivity contribution is 0.111. The molecule has 0 aliphatic carbocycles. The number of fused-ring (bicyclic) bond motifs is 1. The highest BCUT2D eigenvalue weighted by atomic mass is 16.1. The van der Waals surface area contributed by atoms with Crippen LogP contribution in [0.5, 0.6) is 0 Å². The van der Waals surface area contributed by atoms with E-state index in [4.69, 9.17) is 4.99 Å². The van der Waals surface area contributed by atoms with Crippen LogP contribution in [0.15, 0.2) is 65.3 Å². The van der Waals surface area contributed by atoms with Crippen LogP contribution in [-0.4, -0.2) is 65.5 Å². The third-order valence-electron chi connectivity index (χ3n) is 8.93. The van der Waals surface area contributed by atoms with Gasteiger partial charge in [0, 0.05) is 30.5 Å². The van der Waals surface area contributed by atoms with E-state index in [1.165, 1.54) is 61.1 Å². The molecule has 2 aliphatic heterocycles. The van der Waals surface area contributed by atoms with Crippen LogP contribution in [0.4, 0.5) is 5.69 Å². The molecule has 0 spiro atoms. The summed E-state index contributed by atoms with van der Waals surface area (Å²) in [7, 11) is 0. The largest absolute Gasteiger partial charge is 0.383 e. The number of hydrogen-bond acceptors (Lipinski definition) is 6. The standard InChI is InChI=1S/C39H57N5O/c1-31(2)39-20-12-18-37(42-39)29-44-24-10-8-6-5-7-9-23-43(28-36-17-11-19-38(30-45)41-36)26-14-16-34-27-35(40-32(3)4)22-21-33(34)15-13-25-44/h11,17,19-22,27,30,32,40H,1,5-10,12-16,18,23-26,28-29H2,2-4H3. The summed E-state index contributed by atoms with van der Waals surface area (Å²) in [6.45, 7) is 16.8. The van der Waals surface area contributed by atoms with Gasteiger partial charge < -0.3 is 5.32 Å². The Morgan fingerprint density at radius 3 is 2.22 bits per heavy atom. The molecule has 0 radical (unpaired) electrons. The van der Waals surface area contributed by atoms with E-state index in [0.29, 0.717) is 11.7 Å². The van der Waals surface area contributed by atoms with Crippen molar-refractivity contribution in [1.82, 2.24) is 14.8 Å². The Kier molecular flexibility index (Phi) is 14.5. The smallest absolute Gasteiger partial charge is 0.168 e. The van der Waals surface area contributed by atoms with Crippen LogP contribution < -0.4 is 5.32 Å². The number of benzene rings is 1. The van der Waals surface area contributed by atoms with Gasteiger partial charge in [0.05, 0.1) is 11.4 Å². The molecular formula is C39H57N5O. The van der Waals surface area contributed by atoms with Crippen LogP contribution >= 0.6 is 0 Å². The summed E-state index contributed by atoms with van der Waals surface area (Å²) in [6.07, 6.45) is 17.3. The molecule has 1 aromatic carbocycles. The van der Waals surface area contributed by atoms with Crippen LogP contribution in [0.1, 0.15) is 112 Å². The maximum absolute atomic E-state index is 11.3. The van der Waals surface area contributed by atoms with Crippen LogP contribution in [0.3, 0.4) is 0 Å². The average Bonchev–Trinajstić information content (AvgIpc) is 3.02. The second kappa shape index (κ2) is 18.8.